The predicted molar refractivity (Wildman–Crippen MR) is 64.3 cm³/mol. The second kappa shape index (κ2) is 3.94. The van der Waals surface area contributed by atoms with Crippen molar-refractivity contribution in [3.05, 3.63) is 23.5 Å². The van der Waals surface area contributed by atoms with Gasteiger partial charge in [0.2, 0.25) is 0 Å². The maximum Gasteiger partial charge on any atom is 0.193 e. The fourth-order valence-electron chi connectivity index (χ4n) is 1.93. The Balaban J connectivity index is 2.15. The van der Waals surface area contributed by atoms with Crippen molar-refractivity contribution in [3.63, 3.8) is 0 Å². The van der Waals surface area contributed by atoms with Gasteiger partial charge in [0, 0.05) is 29.7 Å². The van der Waals surface area contributed by atoms with E-state index >= 15 is 0 Å². The zero-order valence-corrected chi connectivity index (χ0v) is 10.0. The van der Waals surface area contributed by atoms with Crippen LogP contribution in [0.15, 0.2) is 17.8 Å². The molecule has 15 heavy (non-hydrogen) atoms. The van der Waals surface area contributed by atoms with Crippen molar-refractivity contribution in [1.29, 1.82) is 0 Å². The van der Waals surface area contributed by atoms with Gasteiger partial charge >= 0.3 is 0 Å². The third-order valence-electron chi connectivity index (χ3n) is 2.55. The molecule has 0 spiro atoms. The van der Waals surface area contributed by atoms with E-state index in [1.54, 1.807) is 11.3 Å². The van der Waals surface area contributed by atoms with Crippen molar-refractivity contribution in [3.8, 4) is 0 Å². The van der Waals surface area contributed by atoms with Gasteiger partial charge in [-0.3, -0.25) is 4.40 Å². The predicted octanol–water partition coefficient (Wildman–Crippen LogP) is 2.46. The van der Waals surface area contributed by atoms with Crippen LogP contribution in [0, 0.1) is 0 Å². The maximum atomic E-state index is 6.20. The highest BCUT2D eigenvalue weighted by Gasteiger charge is 2.19. The molecule has 0 bridgehead atoms. The third kappa shape index (κ3) is 2.38. The first-order valence-corrected chi connectivity index (χ1v) is 6.19. The Morgan fingerprint density at radius 1 is 1.60 bits per heavy atom. The Kier molecular flexibility index (Phi) is 2.80. The summed E-state index contributed by atoms with van der Waals surface area (Å²) in [5.74, 6) is 0. The van der Waals surface area contributed by atoms with Gasteiger partial charge < -0.3 is 5.73 Å². The van der Waals surface area contributed by atoms with Crippen LogP contribution in [0.3, 0.4) is 0 Å². The van der Waals surface area contributed by atoms with Gasteiger partial charge in [-0.05, 0) is 13.3 Å². The van der Waals surface area contributed by atoms with Crippen molar-refractivity contribution in [1.82, 2.24) is 9.38 Å². The van der Waals surface area contributed by atoms with E-state index in [1.807, 2.05) is 11.6 Å². The summed E-state index contributed by atoms with van der Waals surface area (Å²) in [6.07, 6.45) is 7.12. The van der Waals surface area contributed by atoms with E-state index in [2.05, 4.69) is 29.4 Å². The number of hydrogen-bond acceptors (Lipinski definition) is 3. The van der Waals surface area contributed by atoms with Crippen LogP contribution in [0.5, 0.6) is 0 Å². The first-order chi connectivity index (χ1) is 7.11. The van der Waals surface area contributed by atoms with Crippen molar-refractivity contribution in [2.75, 3.05) is 0 Å². The quantitative estimate of drug-likeness (QED) is 0.865. The lowest BCUT2D eigenvalue weighted by Gasteiger charge is -2.22. The zero-order valence-electron chi connectivity index (χ0n) is 9.23. The van der Waals surface area contributed by atoms with E-state index in [9.17, 15) is 0 Å². The normalized spacial score (nSPS) is 15.7. The lowest BCUT2D eigenvalue weighted by molar-refractivity contribution is 0.421. The largest absolute Gasteiger partial charge is 0.325 e. The van der Waals surface area contributed by atoms with Crippen LogP contribution in [-0.2, 0) is 6.42 Å². The Morgan fingerprint density at radius 2 is 2.40 bits per heavy atom. The zero-order chi connectivity index (χ0) is 10.9. The molecule has 0 amide bonds. The standard InChI is InChI=1S/C11H17N3S/c1-3-4-11(2,12)7-9-8-14-5-6-15-10(14)13-9/h5-6,8H,3-4,7,12H2,1-2H3. The molecule has 1 atom stereocenters. The first-order valence-electron chi connectivity index (χ1n) is 5.31. The summed E-state index contributed by atoms with van der Waals surface area (Å²) in [4.78, 5) is 5.59. The summed E-state index contributed by atoms with van der Waals surface area (Å²) in [5, 5.41) is 2.04. The van der Waals surface area contributed by atoms with Crippen LogP contribution < -0.4 is 5.73 Å². The number of thiazole rings is 1. The summed E-state index contributed by atoms with van der Waals surface area (Å²) in [6, 6.07) is 0. The molecule has 0 radical (unpaired) electrons. The Labute approximate surface area is 93.9 Å². The lowest BCUT2D eigenvalue weighted by atomic mass is 9.92. The molecule has 0 aromatic carbocycles. The highest BCUT2D eigenvalue weighted by Crippen LogP contribution is 2.18. The number of nitrogens with two attached hydrogens (primary N) is 1. The average molecular weight is 223 g/mol. The number of hydrogen-bond donors (Lipinski definition) is 1. The van der Waals surface area contributed by atoms with E-state index in [1.165, 1.54) is 0 Å². The van der Waals surface area contributed by atoms with Gasteiger partial charge in [-0.15, -0.1) is 11.3 Å². The van der Waals surface area contributed by atoms with Crippen LogP contribution in [0.25, 0.3) is 4.96 Å². The molecule has 0 saturated heterocycles. The van der Waals surface area contributed by atoms with Gasteiger partial charge in [-0.2, -0.15) is 0 Å². The molecule has 1 unspecified atom stereocenters. The molecule has 2 N–H and O–H groups in total. The van der Waals surface area contributed by atoms with Gasteiger partial charge in [0.1, 0.15) is 0 Å². The minimum Gasteiger partial charge on any atom is -0.325 e. The summed E-state index contributed by atoms with van der Waals surface area (Å²) < 4.78 is 2.06. The molecule has 0 fully saturated rings. The summed E-state index contributed by atoms with van der Waals surface area (Å²) in [7, 11) is 0. The topological polar surface area (TPSA) is 43.3 Å². The van der Waals surface area contributed by atoms with Crippen LogP contribution in [0.4, 0.5) is 0 Å². The van der Waals surface area contributed by atoms with Crippen molar-refractivity contribution in [2.24, 2.45) is 5.73 Å². The third-order valence-corrected chi connectivity index (χ3v) is 3.32. The summed E-state index contributed by atoms with van der Waals surface area (Å²) in [5.41, 5.74) is 7.18. The first kappa shape index (κ1) is 10.6. The number of fused-ring (bicyclic) bond motifs is 1. The molecule has 0 saturated carbocycles. The average Bonchev–Trinajstić information content (AvgIpc) is 2.61. The minimum atomic E-state index is -0.126. The Morgan fingerprint density at radius 3 is 3.07 bits per heavy atom. The Bertz CT molecular complexity index is 413. The molecular weight excluding hydrogens is 206 g/mol. The van der Waals surface area contributed by atoms with Crippen LogP contribution >= 0.6 is 11.3 Å². The molecule has 2 aromatic heterocycles. The molecule has 3 nitrogen and oxygen atoms in total. The number of nitrogens with zero attached hydrogens (tertiary/aromatic N) is 2. The van der Waals surface area contributed by atoms with Gasteiger partial charge in [-0.1, -0.05) is 13.3 Å². The van der Waals surface area contributed by atoms with Crippen molar-refractivity contribution < 1.29 is 0 Å². The monoisotopic (exact) mass is 223 g/mol. The van der Waals surface area contributed by atoms with E-state index in [4.69, 9.17) is 5.73 Å². The number of rotatable bonds is 4. The minimum absolute atomic E-state index is 0.126. The SMILES string of the molecule is CCCC(C)(N)Cc1cn2ccsc2n1. The molecule has 2 rings (SSSR count). The smallest absolute Gasteiger partial charge is 0.193 e. The van der Waals surface area contributed by atoms with E-state index in [-0.39, 0.29) is 5.54 Å². The fourth-order valence-corrected chi connectivity index (χ4v) is 2.65. The molecule has 2 heterocycles. The van der Waals surface area contributed by atoms with E-state index in [0.717, 1.165) is 29.9 Å². The second-order valence-corrected chi connectivity index (χ2v) is 5.28. The molecular formula is C11H17N3S. The highest BCUT2D eigenvalue weighted by molar-refractivity contribution is 7.15. The lowest BCUT2D eigenvalue weighted by Crippen LogP contribution is -2.38. The van der Waals surface area contributed by atoms with E-state index < -0.39 is 0 Å². The van der Waals surface area contributed by atoms with Crippen molar-refractivity contribution in [2.45, 2.75) is 38.6 Å². The number of imidazole rings is 1. The molecule has 0 aliphatic carbocycles. The second-order valence-electron chi connectivity index (χ2n) is 4.41. The molecule has 0 aliphatic heterocycles. The summed E-state index contributed by atoms with van der Waals surface area (Å²) >= 11 is 1.66. The van der Waals surface area contributed by atoms with Gasteiger partial charge in [0.15, 0.2) is 4.96 Å². The molecule has 4 heteroatoms. The highest BCUT2D eigenvalue weighted by atomic mass is 32.1. The summed E-state index contributed by atoms with van der Waals surface area (Å²) in [6.45, 7) is 4.26. The Hall–Kier alpha value is -0.870. The fraction of sp³-hybridized carbons (Fsp3) is 0.545. The van der Waals surface area contributed by atoms with Gasteiger partial charge in [0.05, 0.1) is 5.69 Å². The van der Waals surface area contributed by atoms with Gasteiger partial charge in [-0.25, -0.2) is 4.98 Å². The van der Waals surface area contributed by atoms with Crippen LogP contribution in [0.1, 0.15) is 32.4 Å². The molecule has 0 aliphatic rings. The van der Waals surface area contributed by atoms with Crippen molar-refractivity contribution >= 4 is 16.3 Å². The van der Waals surface area contributed by atoms with E-state index in [0.29, 0.717) is 0 Å². The van der Waals surface area contributed by atoms with Gasteiger partial charge in [0.25, 0.3) is 0 Å². The maximum absolute atomic E-state index is 6.20. The molecule has 82 valence electrons. The van der Waals surface area contributed by atoms with Crippen LogP contribution in [0.2, 0.25) is 0 Å². The number of aromatic nitrogens is 2. The van der Waals surface area contributed by atoms with Crippen LogP contribution in [-0.4, -0.2) is 14.9 Å². The molecule has 2 aromatic rings.